The van der Waals surface area contributed by atoms with Gasteiger partial charge in [-0.15, -0.1) is 0 Å². The first kappa shape index (κ1) is 22.7. The number of ether oxygens (including phenoxy) is 2. The van der Waals surface area contributed by atoms with Crippen LogP contribution in [0.3, 0.4) is 0 Å². The Hall–Kier alpha value is -3.13. The van der Waals surface area contributed by atoms with Gasteiger partial charge >= 0.3 is 6.01 Å². The monoisotopic (exact) mass is 480 g/mol. The summed E-state index contributed by atoms with van der Waals surface area (Å²) in [7, 11) is -3.98. The van der Waals surface area contributed by atoms with E-state index in [1.165, 1.54) is 56.0 Å². The lowest BCUT2D eigenvalue weighted by molar-refractivity contribution is 0.0508. The molecule has 178 valence electrons. The van der Waals surface area contributed by atoms with Crippen molar-refractivity contribution in [2.45, 2.75) is 66.9 Å². The first-order valence-corrected chi connectivity index (χ1v) is 13.2. The summed E-state index contributed by atoms with van der Waals surface area (Å²) >= 11 is 0. The number of rotatable bonds is 6. The Morgan fingerprint density at radius 3 is 2.47 bits per heavy atom. The second-order valence-corrected chi connectivity index (χ2v) is 11.3. The Morgan fingerprint density at radius 1 is 1.06 bits per heavy atom. The zero-order valence-corrected chi connectivity index (χ0v) is 20.0. The molecule has 0 N–H and O–H groups in total. The van der Waals surface area contributed by atoms with Gasteiger partial charge in [0.2, 0.25) is 9.84 Å². The molecule has 1 atom stereocenters. The van der Waals surface area contributed by atoms with Gasteiger partial charge in [0.25, 0.3) is 5.56 Å². The van der Waals surface area contributed by atoms with Gasteiger partial charge in [-0.2, -0.15) is 4.98 Å². The van der Waals surface area contributed by atoms with Crippen LogP contribution in [0.2, 0.25) is 0 Å². The molecule has 34 heavy (non-hydrogen) atoms. The van der Waals surface area contributed by atoms with E-state index < -0.39 is 21.0 Å². The third kappa shape index (κ3) is 4.46. The van der Waals surface area contributed by atoms with Gasteiger partial charge in [0.15, 0.2) is 10.5 Å². The SMILES string of the molecule is C[C@]1(COc2ccc(C3CCCCC3)cc2)Cn2cc(S(=O)(=O)c3ccccc3)c(=O)nc2O1. The van der Waals surface area contributed by atoms with Crippen LogP contribution in [0.5, 0.6) is 11.8 Å². The molecule has 0 bridgehead atoms. The fraction of sp³-hybridized carbons (Fsp3) is 0.385. The lowest BCUT2D eigenvalue weighted by Gasteiger charge is -2.24. The van der Waals surface area contributed by atoms with Crippen LogP contribution in [0, 0.1) is 0 Å². The Kier molecular flexibility index (Phi) is 5.93. The standard InChI is InChI=1S/C26H28N2O5S/c1-26(18-32-21-14-12-20(13-15-21)19-8-4-2-5-9-19)17-28-16-23(24(29)27-25(28)33-26)34(30,31)22-10-6-3-7-11-22/h3,6-7,10-16,19H,2,4-5,8-9,17-18H2,1H3/t26-/m1/s1. The van der Waals surface area contributed by atoms with Crippen molar-refractivity contribution in [2.75, 3.05) is 6.61 Å². The van der Waals surface area contributed by atoms with Crippen molar-refractivity contribution in [2.24, 2.45) is 0 Å². The highest BCUT2D eigenvalue weighted by molar-refractivity contribution is 7.91. The predicted octanol–water partition coefficient (Wildman–Crippen LogP) is 4.35. The molecule has 1 saturated carbocycles. The average Bonchev–Trinajstić information content (AvgIpc) is 3.19. The quantitative estimate of drug-likeness (QED) is 0.521. The van der Waals surface area contributed by atoms with Crippen molar-refractivity contribution >= 4 is 9.84 Å². The summed E-state index contributed by atoms with van der Waals surface area (Å²) in [6.45, 7) is 2.40. The summed E-state index contributed by atoms with van der Waals surface area (Å²) in [5.41, 5.74) is -0.264. The van der Waals surface area contributed by atoms with E-state index in [0.717, 1.165) is 5.75 Å². The van der Waals surface area contributed by atoms with Crippen molar-refractivity contribution < 1.29 is 17.9 Å². The van der Waals surface area contributed by atoms with Gasteiger partial charge in [-0.3, -0.25) is 9.36 Å². The normalized spacial score (nSPS) is 20.5. The second-order valence-electron chi connectivity index (χ2n) is 9.38. The minimum Gasteiger partial charge on any atom is -0.489 e. The van der Waals surface area contributed by atoms with Crippen molar-refractivity contribution in [3.8, 4) is 11.8 Å². The molecule has 0 radical (unpaired) electrons. The highest BCUT2D eigenvalue weighted by Crippen LogP contribution is 2.34. The van der Waals surface area contributed by atoms with Gasteiger partial charge in [0, 0.05) is 6.20 Å². The maximum absolute atomic E-state index is 12.9. The van der Waals surface area contributed by atoms with E-state index in [0.29, 0.717) is 12.5 Å². The van der Waals surface area contributed by atoms with Crippen LogP contribution in [0.1, 0.15) is 50.5 Å². The van der Waals surface area contributed by atoms with Gasteiger partial charge < -0.3 is 9.47 Å². The van der Waals surface area contributed by atoms with Gasteiger partial charge in [0.1, 0.15) is 12.4 Å². The molecular formula is C26H28N2O5S. The molecule has 5 rings (SSSR count). The number of aromatic nitrogens is 2. The molecule has 2 aliphatic rings. The summed E-state index contributed by atoms with van der Waals surface area (Å²) in [6, 6.07) is 16.2. The van der Waals surface area contributed by atoms with Crippen LogP contribution in [-0.2, 0) is 16.4 Å². The summed E-state index contributed by atoms with van der Waals surface area (Å²) in [6.07, 6.45) is 7.74. The second kappa shape index (κ2) is 8.91. The summed E-state index contributed by atoms with van der Waals surface area (Å²) < 4.78 is 39.4. The molecular weight excluding hydrogens is 452 g/mol. The molecule has 1 aliphatic carbocycles. The summed E-state index contributed by atoms with van der Waals surface area (Å²) in [5.74, 6) is 1.38. The van der Waals surface area contributed by atoms with Crippen molar-refractivity contribution in [3.63, 3.8) is 0 Å². The fourth-order valence-electron chi connectivity index (χ4n) is 4.76. The van der Waals surface area contributed by atoms with Crippen LogP contribution in [0.15, 0.2) is 75.4 Å². The lowest BCUT2D eigenvalue weighted by atomic mass is 9.84. The average molecular weight is 481 g/mol. The van der Waals surface area contributed by atoms with E-state index in [4.69, 9.17) is 9.47 Å². The summed E-state index contributed by atoms with van der Waals surface area (Å²) in [5, 5.41) is 0. The van der Waals surface area contributed by atoms with Crippen LogP contribution < -0.4 is 15.0 Å². The first-order chi connectivity index (χ1) is 16.3. The molecule has 2 aromatic carbocycles. The van der Waals surface area contributed by atoms with E-state index in [-0.39, 0.29) is 22.4 Å². The van der Waals surface area contributed by atoms with E-state index in [1.54, 1.807) is 22.8 Å². The zero-order chi connectivity index (χ0) is 23.8. The predicted molar refractivity (Wildman–Crippen MR) is 127 cm³/mol. The Morgan fingerprint density at radius 2 is 1.76 bits per heavy atom. The highest BCUT2D eigenvalue weighted by atomic mass is 32.2. The molecule has 0 spiro atoms. The number of benzene rings is 2. The third-order valence-electron chi connectivity index (χ3n) is 6.61. The number of sulfone groups is 1. The van der Waals surface area contributed by atoms with E-state index >= 15 is 0 Å². The third-order valence-corrected chi connectivity index (χ3v) is 8.36. The van der Waals surface area contributed by atoms with Crippen molar-refractivity contribution in [1.82, 2.24) is 9.55 Å². The fourth-order valence-corrected chi connectivity index (χ4v) is 6.07. The summed E-state index contributed by atoms with van der Waals surface area (Å²) in [4.78, 5) is 16.1. The van der Waals surface area contributed by atoms with Crippen molar-refractivity contribution in [1.29, 1.82) is 0 Å². The Bertz CT molecular complexity index is 1330. The highest BCUT2D eigenvalue weighted by Gasteiger charge is 2.38. The Balaban J connectivity index is 1.29. The lowest BCUT2D eigenvalue weighted by Crippen LogP contribution is -2.38. The smallest absolute Gasteiger partial charge is 0.300 e. The van der Waals surface area contributed by atoms with Crippen LogP contribution in [-0.4, -0.2) is 30.2 Å². The zero-order valence-electron chi connectivity index (χ0n) is 19.1. The molecule has 0 unspecified atom stereocenters. The maximum Gasteiger partial charge on any atom is 0.300 e. The molecule has 7 nitrogen and oxygen atoms in total. The van der Waals surface area contributed by atoms with Gasteiger partial charge in [0.05, 0.1) is 11.4 Å². The molecule has 1 aromatic heterocycles. The number of hydrogen-bond acceptors (Lipinski definition) is 6. The van der Waals surface area contributed by atoms with Crippen molar-refractivity contribution in [3.05, 3.63) is 76.7 Å². The topological polar surface area (TPSA) is 87.5 Å². The molecule has 8 heteroatoms. The maximum atomic E-state index is 12.9. The first-order valence-electron chi connectivity index (χ1n) is 11.7. The number of nitrogens with zero attached hydrogens (tertiary/aromatic N) is 2. The van der Waals surface area contributed by atoms with Crippen LogP contribution in [0.4, 0.5) is 0 Å². The van der Waals surface area contributed by atoms with Gasteiger partial charge in [-0.1, -0.05) is 49.6 Å². The Labute approximate surface area is 199 Å². The molecule has 2 heterocycles. The molecule has 1 aliphatic heterocycles. The number of fused-ring (bicyclic) bond motifs is 1. The van der Waals surface area contributed by atoms with E-state index in [9.17, 15) is 13.2 Å². The van der Waals surface area contributed by atoms with Gasteiger partial charge in [-0.05, 0) is 55.5 Å². The molecule has 0 amide bonds. The largest absolute Gasteiger partial charge is 0.489 e. The molecule has 1 fully saturated rings. The molecule has 3 aromatic rings. The van der Waals surface area contributed by atoms with Crippen LogP contribution in [0.25, 0.3) is 0 Å². The number of hydrogen-bond donors (Lipinski definition) is 0. The van der Waals surface area contributed by atoms with E-state index in [2.05, 4.69) is 17.1 Å². The molecule has 0 saturated heterocycles. The minimum atomic E-state index is -3.98. The van der Waals surface area contributed by atoms with E-state index in [1.807, 2.05) is 19.1 Å². The van der Waals surface area contributed by atoms with Crippen LogP contribution >= 0.6 is 0 Å². The van der Waals surface area contributed by atoms with Gasteiger partial charge in [-0.25, -0.2) is 8.42 Å². The minimum absolute atomic E-state index is 0.0520.